The average Bonchev–Trinajstić information content (AvgIpc) is 2.16. The predicted molar refractivity (Wildman–Crippen MR) is 53.4 cm³/mol. The van der Waals surface area contributed by atoms with Gasteiger partial charge < -0.3 is 0 Å². The summed E-state index contributed by atoms with van der Waals surface area (Å²) in [5.41, 5.74) is 10.7. The van der Waals surface area contributed by atoms with E-state index in [1.54, 1.807) is 0 Å². The minimum Gasteiger partial charge on any atom is -0.0859 e. The molecular formula is C10H13N3. The molecule has 3 heteroatoms. The van der Waals surface area contributed by atoms with Gasteiger partial charge in [-0.1, -0.05) is 41.9 Å². The largest absolute Gasteiger partial charge is 0.0859 e. The summed E-state index contributed by atoms with van der Waals surface area (Å²) in [7, 11) is 0. The van der Waals surface area contributed by atoms with Crippen LogP contribution in [0.1, 0.15) is 30.5 Å². The summed E-state index contributed by atoms with van der Waals surface area (Å²) < 4.78 is 0. The first-order valence-electron chi connectivity index (χ1n) is 4.38. The van der Waals surface area contributed by atoms with Crippen LogP contribution in [0.15, 0.2) is 29.4 Å². The molecule has 13 heavy (non-hydrogen) atoms. The van der Waals surface area contributed by atoms with Crippen LogP contribution in [0.2, 0.25) is 0 Å². The van der Waals surface area contributed by atoms with Crippen LogP contribution < -0.4 is 0 Å². The number of rotatable bonds is 3. The Labute approximate surface area is 78.0 Å². The Kier molecular flexibility index (Phi) is 3.35. The molecule has 0 heterocycles. The van der Waals surface area contributed by atoms with E-state index in [2.05, 4.69) is 10.0 Å². The average molecular weight is 175 g/mol. The zero-order valence-electron chi connectivity index (χ0n) is 7.94. The summed E-state index contributed by atoms with van der Waals surface area (Å²) in [6, 6.07) is 8.07. The SMILES string of the molecule is CC[C@@H](N=[N+]=[N-])c1ccc(C)cc1. The molecule has 1 atom stereocenters. The number of nitrogens with zero attached hydrogens (tertiary/aromatic N) is 3. The van der Waals surface area contributed by atoms with E-state index in [0.717, 1.165) is 12.0 Å². The van der Waals surface area contributed by atoms with Gasteiger partial charge in [-0.3, -0.25) is 0 Å². The Hall–Kier alpha value is -1.47. The van der Waals surface area contributed by atoms with Crippen LogP contribution in [0.25, 0.3) is 10.4 Å². The van der Waals surface area contributed by atoms with Crippen LogP contribution in [-0.2, 0) is 0 Å². The van der Waals surface area contributed by atoms with Gasteiger partial charge in [0.15, 0.2) is 0 Å². The minimum absolute atomic E-state index is 0.0226. The van der Waals surface area contributed by atoms with Crippen molar-refractivity contribution in [3.8, 4) is 0 Å². The zero-order chi connectivity index (χ0) is 9.68. The summed E-state index contributed by atoms with van der Waals surface area (Å²) in [6.45, 7) is 4.05. The second-order valence-electron chi connectivity index (χ2n) is 3.04. The van der Waals surface area contributed by atoms with E-state index < -0.39 is 0 Å². The fourth-order valence-corrected chi connectivity index (χ4v) is 1.23. The van der Waals surface area contributed by atoms with E-state index in [9.17, 15) is 0 Å². The third kappa shape index (κ3) is 2.49. The molecule has 0 fully saturated rings. The number of hydrogen-bond donors (Lipinski definition) is 0. The molecule has 1 aromatic rings. The molecule has 0 spiro atoms. The molecule has 0 N–H and O–H groups in total. The lowest BCUT2D eigenvalue weighted by Crippen LogP contribution is -1.91. The highest BCUT2D eigenvalue weighted by Crippen LogP contribution is 2.21. The van der Waals surface area contributed by atoms with Crippen molar-refractivity contribution in [3.05, 3.63) is 45.8 Å². The molecule has 1 aromatic carbocycles. The Balaban J connectivity index is 2.91. The molecule has 0 aliphatic heterocycles. The molecule has 0 unspecified atom stereocenters. The topological polar surface area (TPSA) is 48.8 Å². The van der Waals surface area contributed by atoms with E-state index in [1.165, 1.54) is 5.56 Å². The highest BCUT2D eigenvalue weighted by atomic mass is 15.1. The van der Waals surface area contributed by atoms with Gasteiger partial charge in [-0.15, -0.1) is 0 Å². The fourth-order valence-electron chi connectivity index (χ4n) is 1.23. The minimum atomic E-state index is -0.0226. The third-order valence-electron chi connectivity index (χ3n) is 2.04. The standard InChI is InChI=1S/C10H13N3/c1-3-10(12-13-11)9-6-4-8(2)5-7-9/h4-7,10H,3H2,1-2H3/t10-/m1/s1. The Morgan fingerprint density at radius 2 is 2.00 bits per heavy atom. The van der Waals surface area contributed by atoms with Gasteiger partial charge in [0.1, 0.15) is 0 Å². The van der Waals surface area contributed by atoms with Crippen LogP contribution in [0.3, 0.4) is 0 Å². The molecule has 0 saturated carbocycles. The zero-order valence-corrected chi connectivity index (χ0v) is 7.94. The maximum Gasteiger partial charge on any atom is 0.0622 e. The third-order valence-corrected chi connectivity index (χ3v) is 2.04. The molecule has 0 amide bonds. The van der Waals surface area contributed by atoms with E-state index in [0.29, 0.717) is 0 Å². The number of benzene rings is 1. The fraction of sp³-hybridized carbons (Fsp3) is 0.400. The molecule has 0 radical (unpaired) electrons. The highest BCUT2D eigenvalue weighted by molar-refractivity contribution is 5.24. The van der Waals surface area contributed by atoms with Gasteiger partial charge in [0.25, 0.3) is 0 Å². The van der Waals surface area contributed by atoms with Crippen molar-refractivity contribution in [1.82, 2.24) is 0 Å². The highest BCUT2D eigenvalue weighted by Gasteiger charge is 2.05. The lowest BCUT2D eigenvalue weighted by atomic mass is 10.0. The second kappa shape index (κ2) is 4.53. The van der Waals surface area contributed by atoms with Gasteiger partial charge in [0, 0.05) is 4.91 Å². The van der Waals surface area contributed by atoms with E-state index in [4.69, 9.17) is 5.53 Å². The number of aryl methyl sites for hydroxylation is 1. The molecule has 3 nitrogen and oxygen atoms in total. The Morgan fingerprint density at radius 1 is 1.38 bits per heavy atom. The lowest BCUT2D eigenvalue weighted by Gasteiger charge is -2.07. The molecule has 0 aromatic heterocycles. The van der Waals surface area contributed by atoms with Crippen molar-refractivity contribution in [1.29, 1.82) is 0 Å². The molecule has 1 rings (SSSR count). The Morgan fingerprint density at radius 3 is 2.46 bits per heavy atom. The molecule has 0 aliphatic rings. The van der Waals surface area contributed by atoms with Crippen molar-refractivity contribution in [2.45, 2.75) is 26.3 Å². The summed E-state index contributed by atoms with van der Waals surface area (Å²) in [4.78, 5) is 2.83. The van der Waals surface area contributed by atoms with Gasteiger partial charge in [-0.05, 0) is 24.4 Å². The normalized spacial score (nSPS) is 11.8. The van der Waals surface area contributed by atoms with Crippen molar-refractivity contribution >= 4 is 0 Å². The maximum absolute atomic E-state index is 8.34. The van der Waals surface area contributed by atoms with Crippen LogP contribution in [0.5, 0.6) is 0 Å². The predicted octanol–water partition coefficient (Wildman–Crippen LogP) is 3.76. The molecule has 68 valence electrons. The van der Waals surface area contributed by atoms with Gasteiger partial charge in [0.05, 0.1) is 6.04 Å². The first kappa shape index (κ1) is 9.62. The first-order chi connectivity index (χ1) is 6.27. The Bertz CT molecular complexity index is 309. The summed E-state index contributed by atoms with van der Waals surface area (Å²) in [5.74, 6) is 0. The number of azide groups is 1. The van der Waals surface area contributed by atoms with Crippen LogP contribution in [0.4, 0.5) is 0 Å². The van der Waals surface area contributed by atoms with Crippen LogP contribution in [-0.4, -0.2) is 0 Å². The van der Waals surface area contributed by atoms with Crippen LogP contribution >= 0.6 is 0 Å². The second-order valence-corrected chi connectivity index (χ2v) is 3.04. The summed E-state index contributed by atoms with van der Waals surface area (Å²) >= 11 is 0. The van der Waals surface area contributed by atoms with Crippen molar-refractivity contribution in [2.24, 2.45) is 5.11 Å². The molecular weight excluding hydrogens is 162 g/mol. The lowest BCUT2D eigenvalue weighted by molar-refractivity contribution is 0.692. The maximum atomic E-state index is 8.34. The van der Waals surface area contributed by atoms with Gasteiger partial charge in [-0.2, -0.15) is 0 Å². The van der Waals surface area contributed by atoms with Gasteiger partial charge in [-0.25, -0.2) is 0 Å². The van der Waals surface area contributed by atoms with E-state index in [-0.39, 0.29) is 6.04 Å². The molecule has 0 bridgehead atoms. The summed E-state index contributed by atoms with van der Waals surface area (Å²) in [5, 5.41) is 3.72. The van der Waals surface area contributed by atoms with E-state index >= 15 is 0 Å². The smallest absolute Gasteiger partial charge is 0.0622 e. The monoisotopic (exact) mass is 175 g/mol. The van der Waals surface area contributed by atoms with Gasteiger partial charge >= 0.3 is 0 Å². The molecule has 0 aliphatic carbocycles. The van der Waals surface area contributed by atoms with Crippen molar-refractivity contribution < 1.29 is 0 Å². The van der Waals surface area contributed by atoms with Gasteiger partial charge in [0.2, 0.25) is 0 Å². The van der Waals surface area contributed by atoms with Crippen molar-refractivity contribution in [2.75, 3.05) is 0 Å². The summed E-state index contributed by atoms with van der Waals surface area (Å²) in [6.07, 6.45) is 0.840. The quantitative estimate of drug-likeness (QED) is 0.381. The number of hydrogen-bond acceptors (Lipinski definition) is 1. The molecule has 0 saturated heterocycles. The van der Waals surface area contributed by atoms with E-state index in [1.807, 2.05) is 38.1 Å². The first-order valence-corrected chi connectivity index (χ1v) is 4.38. The van der Waals surface area contributed by atoms with Crippen LogP contribution in [0, 0.1) is 6.92 Å². The van der Waals surface area contributed by atoms with Crippen molar-refractivity contribution in [3.63, 3.8) is 0 Å².